The van der Waals surface area contributed by atoms with Gasteiger partial charge in [-0.05, 0) is 38.1 Å². The maximum Gasteiger partial charge on any atom is 0.416 e. The van der Waals surface area contributed by atoms with Crippen molar-refractivity contribution in [1.29, 1.82) is 0 Å². The summed E-state index contributed by atoms with van der Waals surface area (Å²) < 4.78 is 50.1. The smallest absolute Gasteiger partial charge is 0.416 e. The van der Waals surface area contributed by atoms with E-state index in [1.807, 2.05) is 0 Å². The fraction of sp³-hybridized carbons (Fsp3) is 0.250. The standard InChI is InChI=1S/C20H17ClF3N5O3/c1-3-29(19(30)31-4-2)17-18(32-14-8-9-15(21)25-11-14)26-16(27-28-17)12-6-5-7-13(10-12)20(22,23)24/h5-11H,3-4H2,1-2H3. The summed E-state index contributed by atoms with van der Waals surface area (Å²) in [5.74, 6) is -0.161. The van der Waals surface area contributed by atoms with Crippen molar-refractivity contribution in [3.05, 3.63) is 53.3 Å². The van der Waals surface area contributed by atoms with E-state index in [2.05, 4.69) is 20.2 Å². The molecule has 0 aliphatic rings. The van der Waals surface area contributed by atoms with Crippen LogP contribution in [0.2, 0.25) is 5.15 Å². The lowest BCUT2D eigenvalue weighted by Crippen LogP contribution is -2.32. The first-order chi connectivity index (χ1) is 15.2. The Morgan fingerprint density at radius 1 is 1.16 bits per heavy atom. The van der Waals surface area contributed by atoms with Gasteiger partial charge in [-0.3, -0.25) is 4.90 Å². The van der Waals surface area contributed by atoms with E-state index in [1.54, 1.807) is 13.8 Å². The molecule has 12 heteroatoms. The highest BCUT2D eigenvalue weighted by atomic mass is 35.5. The van der Waals surface area contributed by atoms with E-state index >= 15 is 0 Å². The molecule has 0 spiro atoms. The van der Waals surface area contributed by atoms with E-state index in [0.717, 1.165) is 17.0 Å². The number of carbonyl (C=O) groups is 1. The van der Waals surface area contributed by atoms with Crippen LogP contribution in [0.3, 0.4) is 0 Å². The highest BCUT2D eigenvalue weighted by Gasteiger charge is 2.31. The van der Waals surface area contributed by atoms with Gasteiger partial charge in [0.25, 0.3) is 5.88 Å². The number of aromatic nitrogens is 4. The summed E-state index contributed by atoms with van der Waals surface area (Å²) in [4.78, 5) is 21.6. The highest BCUT2D eigenvalue weighted by Crippen LogP contribution is 2.33. The van der Waals surface area contributed by atoms with E-state index in [1.165, 1.54) is 30.5 Å². The third-order valence-electron chi connectivity index (χ3n) is 4.06. The number of alkyl halides is 3. The summed E-state index contributed by atoms with van der Waals surface area (Å²) in [7, 11) is 0. The first-order valence-corrected chi connectivity index (χ1v) is 9.76. The zero-order valence-corrected chi connectivity index (χ0v) is 17.7. The summed E-state index contributed by atoms with van der Waals surface area (Å²) in [5.41, 5.74) is -0.800. The minimum absolute atomic E-state index is 0.0668. The van der Waals surface area contributed by atoms with Gasteiger partial charge in [0.15, 0.2) is 5.82 Å². The topological polar surface area (TPSA) is 90.3 Å². The van der Waals surface area contributed by atoms with Gasteiger partial charge >= 0.3 is 12.3 Å². The van der Waals surface area contributed by atoms with Crippen LogP contribution in [0.15, 0.2) is 42.6 Å². The molecule has 0 radical (unpaired) electrons. The van der Waals surface area contributed by atoms with Gasteiger partial charge in [0.2, 0.25) is 5.82 Å². The van der Waals surface area contributed by atoms with Gasteiger partial charge in [0.05, 0.1) is 18.4 Å². The average molecular weight is 468 g/mol. The molecule has 0 saturated heterocycles. The number of carbonyl (C=O) groups excluding carboxylic acids is 1. The van der Waals surface area contributed by atoms with E-state index in [4.69, 9.17) is 21.1 Å². The second-order valence-corrected chi connectivity index (χ2v) is 6.59. The first-order valence-electron chi connectivity index (χ1n) is 9.39. The number of anilines is 1. The van der Waals surface area contributed by atoms with E-state index < -0.39 is 17.8 Å². The van der Waals surface area contributed by atoms with Crippen LogP contribution in [-0.4, -0.2) is 39.4 Å². The van der Waals surface area contributed by atoms with Crippen LogP contribution in [0, 0.1) is 0 Å². The van der Waals surface area contributed by atoms with E-state index in [-0.39, 0.29) is 47.1 Å². The molecule has 168 valence electrons. The molecule has 0 fully saturated rings. The summed E-state index contributed by atoms with van der Waals surface area (Å²) in [5, 5.41) is 8.13. The fourth-order valence-electron chi connectivity index (χ4n) is 2.60. The van der Waals surface area contributed by atoms with Crippen LogP contribution < -0.4 is 9.64 Å². The molecular formula is C20H17ClF3N5O3. The van der Waals surface area contributed by atoms with Crippen molar-refractivity contribution in [2.75, 3.05) is 18.1 Å². The molecule has 1 amide bonds. The van der Waals surface area contributed by atoms with Crippen molar-refractivity contribution in [2.24, 2.45) is 0 Å². The third kappa shape index (κ3) is 5.41. The van der Waals surface area contributed by atoms with Crippen LogP contribution in [-0.2, 0) is 10.9 Å². The monoisotopic (exact) mass is 467 g/mol. The van der Waals surface area contributed by atoms with E-state index in [0.29, 0.717) is 0 Å². The van der Waals surface area contributed by atoms with Gasteiger partial charge < -0.3 is 9.47 Å². The first kappa shape index (κ1) is 23.2. The zero-order chi connectivity index (χ0) is 23.3. The molecule has 2 aromatic heterocycles. The lowest BCUT2D eigenvalue weighted by molar-refractivity contribution is -0.137. The lowest BCUT2D eigenvalue weighted by atomic mass is 10.1. The fourth-order valence-corrected chi connectivity index (χ4v) is 2.71. The molecule has 0 atom stereocenters. The molecular weight excluding hydrogens is 451 g/mol. The third-order valence-corrected chi connectivity index (χ3v) is 4.28. The zero-order valence-electron chi connectivity index (χ0n) is 16.9. The molecule has 1 aromatic carbocycles. The van der Waals surface area contributed by atoms with Crippen LogP contribution in [0.4, 0.5) is 23.8 Å². The largest absolute Gasteiger partial charge is 0.449 e. The second kappa shape index (κ2) is 9.77. The van der Waals surface area contributed by atoms with E-state index in [9.17, 15) is 18.0 Å². The van der Waals surface area contributed by atoms with Crippen molar-refractivity contribution in [3.63, 3.8) is 0 Å². The van der Waals surface area contributed by atoms with Crippen LogP contribution >= 0.6 is 11.6 Å². The Hall–Kier alpha value is -3.47. The van der Waals surface area contributed by atoms with Crippen LogP contribution in [0.1, 0.15) is 19.4 Å². The number of nitrogens with zero attached hydrogens (tertiary/aromatic N) is 5. The molecule has 0 saturated carbocycles. The van der Waals surface area contributed by atoms with Gasteiger partial charge in [-0.1, -0.05) is 23.7 Å². The molecule has 8 nitrogen and oxygen atoms in total. The minimum atomic E-state index is -4.54. The highest BCUT2D eigenvalue weighted by molar-refractivity contribution is 6.29. The molecule has 0 aliphatic heterocycles. The summed E-state index contributed by atoms with van der Waals surface area (Å²) in [6.07, 6.45) is -3.93. The quantitative estimate of drug-likeness (QED) is 0.449. The molecule has 2 heterocycles. The van der Waals surface area contributed by atoms with Gasteiger partial charge in [0.1, 0.15) is 10.9 Å². The molecule has 0 unspecified atom stereocenters. The average Bonchev–Trinajstić information content (AvgIpc) is 2.76. The normalized spacial score (nSPS) is 11.2. The Morgan fingerprint density at radius 3 is 2.56 bits per heavy atom. The second-order valence-electron chi connectivity index (χ2n) is 6.20. The number of amides is 1. The number of hydrogen-bond acceptors (Lipinski definition) is 7. The predicted octanol–water partition coefficient (Wildman–Crippen LogP) is 5.38. The Bertz CT molecular complexity index is 1100. The minimum Gasteiger partial charge on any atom is -0.449 e. The summed E-state index contributed by atoms with van der Waals surface area (Å²) >= 11 is 5.79. The summed E-state index contributed by atoms with van der Waals surface area (Å²) in [6.45, 7) is 3.58. The number of hydrogen-bond donors (Lipinski definition) is 0. The van der Waals surface area contributed by atoms with Crippen LogP contribution in [0.25, 0.3) is 11.4 Å². The Morgan fingerprint density at radius 2 is 1.94 bits per heavy atom. The number of pyridine rings is 1. The Labute approximate surface area is 186 Å². The maximum absolute atomic E-state index is 13.1. The van der Waals surface area contributed by atoms with Gasteiger partial charge in [-0.25, -0.2) is 9.78 Å². The van der Waals surface area contributed by atoms with Crippen molar-refractivity contribution in [2.45, 2.75) is 20.0 Å². The number of halogens is 4. The molecule has 0 aliphatic carbocycles. The lowest BCUT2D eigenvalue weighted by Gasteiger charge is -2.20. The number of benzene rings is 1. The predicted molar refractivity (Wildman–Crippen MR) is 110 cm³/mol. The van der Waals surface area contributed by atoms with Crippen molar-refractivity contribution < 1.29 is 27.4 Å². The van der Waals surface area contributed by atoms with Gasteiger partial charge in [-0.15, -0.1) is 10.2 Å². The van der Waals surface area contributed by atoms with Crippen molar-refractivity contribution >= 4 is 23.5 Å². The van der Waals surface area contributed by atoms with Crippen molar-refractivity contribution in [3.8, 4) is 23.0 Å². The van der Waals surface area contributed by atoms with Gasteiger partial charge in [-0.2, -0.15) is 18.2 Å². The van der Waals surface area contributed by atoms with Gasteiger partial charge in [0, 0.05) is 12.1 Å². The molecule has 32 heavy (non-hydrogen) atoms. The Kier molecular flexibility index (Phi) is 7.08. The SMILES string of the molecule is CCOC(=O)N(CC)c1nnc(-c2cccc(C(F)(F)F)c2)nc1Oc1ccc(Cl)nc1. The number of rotatable bonds is 6. The Balaban J connectivity index is 2.08. The molecule has 0 N–H and O–H groups in total. The molecule has 3 rings (SSSR count). The van der Waals surface area contributed by atoms with Crippen LogP contribution in [0.5, 0.6) is 11.6 Å². The molecule has 0 bridgehead atoms. The maximum atomic E-state index is 13.1. The number of ether oxygens (including phenoxy) is 2. The summed E-state index contributed by atoms with van der Waals surface area (Å²) in [6, 6.07) is 7.45. The van der Waals surface area contributed by atoms with Crippen molar-refractivity contribution in [1.82, 2.24) is 20.2 Å². The molecule has 3 aromatic rings.